The summed E-state index contributed by atoms with van der Waals surface area (Å²) in [5.41, 5.74) is 3.35. The molecule has 0 atom stereocenters. The average molecular weight is 247 g/mol. The third-order valence-electron chi connectivity index (χ3n) is 3.15. The van der Waals surface area contributed by atoms with E-state index in [-0.39, 0.29) is 12.5 Å². The van der Waals surface area contributed by atoms with Crippen LogP contribution in [-0.4, -0.2) is 25.8 Å². The minimum atomic E-state index is -0.835. The molecule has 2 rings (SSSR count). The van der Waals surface area contributed by atoms with Gasteiger partial charge < -0.3 is 5.11 Å². The second-order valence-corrected chi connectivity index (χ2v) is 4.79. The van der Waals surface area contributed by atoms with Gasteiger partial charge >= 0.3 is 5.97 Å². The lowest BCUT2D eigenvalue weighted by Crippen LogP contribution is -2.08. The monoisotopic (exact) mass is 247 g/mol. The largest absolute Gasteiger partial charge is 0.481 e. The number of aromatic nitrogens is 3. The molecular weight excluding hydrogens is 230 g/mol. The summed E-state index contributed by atoms with van der Waals surface area (Å²) < 4.78 is 1.86. The number of fused-ring (bicyclic) bond motifs is 1. The Hall–Kier alpha value is -1.91. The number of nitrogens with zero attached hydrogens (tertiary/aromatic N) is 3. The summed E-state index contributed by atoms with van der Waals surface area (Å²) in [5.74, 6) is -0.835. The first-order valence-electron chi connectivity index (χ1n) is 5.97. The van der Waals surface area contributed by atoms with Crippen LogP contribution in [-0.2, 0) is 11.2 Å². The van der Waals surface area contributed by atoms with Crippen molar-refractivity contribution in [2.75, 3.05) is 0 Å². The van der Waals surface area contributed by atoms with E-state index >= 15 is 0 Å². The minimum absolute atomic E-state index is 0.00741. The molecule has 2 aromatic rings. The molecule has 0 aliphatic rings. The number of rotatable bonds is 3. The second kappa shape index (κ2) is 4.40. The van der Waals surface area contributed by atoms with Crippen LogP contribution < -0.4 is 0 Å². The van der Waals surface area contributed by atoms with E-state index in [1.54, 1.807) is 6.20 Å². The Labute approximate surface area is 105 Å². The van der Waals surface area contributed by atoms with Crippen LogP contribution in [0, 0.1) is 13.8 Å². The maximum Gasteiger partial charge on any atom is 0.307 e. The topological polar surface area (TPSA) is 68.0 Å². The van der Waals surface area contributed by atoms with Gasteiger partial charge in [0.15, 0.2) is 5.65 Å². The molecule has 0 amide bonds. The molecule has 5 heteroatoms. The van der Waals surface area contributed by atoms with Gasteiger partial charge in [-0.2, -0.15) is 5.10 Å². The summed E-state index contributed by atoms with van der Waals surface area (Å²) in [4.78, 5) is 15.4. The van der Waals surface area contributed by atoms with Gasteiger partial charge in [-0.3, -0.25) is 4.79 Å². The molecule has 0 unspecified atom stereocenters. The number of aryl methyl sites for hydroxylation is 2. The Morgan fingerprint density at radius 1 is 1.44 bits per heavy atom. The van der Waals surface area contributed by atoms with Crippen LogP contribution in [0.4, 0.5) is 0 Å². The summed E-state index contributed by atoms with van der Waals surface area (Å²) in [6, 6.07) is 0.235. The molecule has 0 spiro atoms. The lowest BCUT2D eigenvalue weighted by molar-refractivity contribution is -0.136. The summed E-state index contributed by atoms with van der Waals surface area (Å²) in [5, 5.41) is 14.2. The molecule has 0 bridgehead atoms. The fourth-order valence-corrected chi connectivity index (χ4v) is 2.18. The van der Waals surface area contributed by atoms with Gasteiger partial charge in [-0.05, 0) is 38.8 Å². The summed E-state index contributed by atoms with van der Waals surface area (Å²) in [7, 11) is 0. The number of hydrogen-bond acceptors (Lipinski definition) is 3. The third kappa shape index (κ3) is 1.96. The number of aliphatic carboxylic acids is 1. The van der Waals surface area contributed by atoms with E-state index in [1.165, 1.54) is 0 Å². The van der Waals surface area contributed by atoms with Crippen LogP contribution in [0.2, 0.25) is 0 Å². The normalized spacial score (nSPS) is 11.4. The fourth-order valence-electron chi connectivity index (χ4n) is 2.18. The zero-order valence-electron chi connectivity index (χ0n) is 11.1. The molecule has 0 aliphatic heterocycles. The van der Waals surface area contributed by atoms with Gasteiger partial charge in [0.1, 0.15) is 0 Å². The number of carboxylic acids is 1. The van der Waals surface area contributed by atoms with Crippen LogP contribution in [0.1, 0.15) is 36.7 Å². The molecule has 1 N–H and O–H groups in total. The van der Waals surface area contributed by atoms with E-state index in [0.29, 0.717) is 0 Å². The van der Waals surface area contributed by atoms with Crippen molar-refractivity contribution in [3.63, 3.8) is 0 Å². The van der Waals surface area contributed by atoms with Crippen molar-refractivity contribution < 1.29 is 9.90 Å². The molecule has 18 heavy (non-hydrogen) atoms. The molecule has 0 saturated carbocycles. The standard InChI is InChI=1S/C13H17N3O2/c1-7(2)16-13-11(6-14-16)8(3)10(5-12(17)18)9(4)15-13/h6-7H,5H2,1-4H3,(H,17,18). The van der Waals surface area contributed by atoms with Crippen LogP contribution in [0.3, 0.4) is 0 Å². The van der Waals surface area contributed by atoms with Gasteiger partial charge in [-0.1, -0.05) is 0 Å². The van der Waals surface area contributed by atoms with Gasteiger partial charge in [0.2, 0.25) is 0 Å². The van der Waals surface area contributed by atoms with Gasteiger partial charge in [0.05, 0.1) is 12.6 Å². The molecule has 0 radical (unpaired) electrons. The molecule has 96 valence electrons. The van der Waals surface area contributed by atoms with Gasteiger partial charge in [0.25, 0.3) is 0 Å². The average Bonchev–Trinajstić information content (AvgIpc) is 2.67. The predicted octanol–water partition coefficient (Wildman–Crippen LogP) is 2.26. The first kappa shape index (κ1) is 12.5. The Morgan fingerprint density at radius 2 is 2.11 bits per heavy atom. The first-order valence-corrected chi connectivity index (χ1v) is 5.97. The summed E-state index contributed by atoms with van der Waals surface area (Å²) >= 11 is 0. The number of pyridine rings is 1. The Balaban J connectivity index is 2.68. The fraction of sp³-hybridized carbons (Fsp3) is 0.462. The van der Waals surface area contributed by atoms with Crippen LogP contribution in [0.15, 0.2) is 6.20 Å². The number of carboxylic acid groups (broad SMARTS) is 1. The second-order valence-electron chi connectivity index (χ2n) is 4.79. The molecule has 2 aromatic heterocycles. The Bertz CT molecular complexity index is 614. The van der Waals surface area contributed by atoms with Crippen molar-refractivity contribution in [1.82, 2.24) is 14.8 Å². The van der Waals surface area contributed by atoms with Crippen LogP contribution >= 0.6 is 0 Å². The zero-order chi connectivity index (χ0) is 13.4. The van der Waals surface area contributed by atoms with E-state index in [2.05, 4.69) is 10.1 Å². The highest BCUT2D eigenvalue weighted by Crippen LogP contribution is 2.24. The van der Waals surface area contributed by atoms with E-state index in [1.807, 2.05) is 32.4 Å². The minimum Gasteiger partial charge on any atom is -0.481 e. The summed E-state index contributed by atoms with van der Waals surface area (Å²) in [6.45, 7) is 7.87. The van der Waals surface area contributed by atoms with Crippen molar-refractivity contribution in [3.05, 3.63) is 23.0 Å². The maximum atomic E-state index is 10.9. The van der Waals surface area contributed by atoms with Crippen molar-refractivity contribution >= 4 is 17.0 Å². The lowest BCUT2D eigenvalue weighted by Gasteiger charge is -2.11. The third-order valence-corrected chi connectivity index (χ3v) is 3.15. The molecular formula is C13H17N3O2. The quantitative estimate of drug-likeness (QED) is 0.903. The number of carbonyl (C=O) groups is 1. The number of hydrogen-bond donors (Lipinski definition) is 1. The Kier molecular flexibility index (Phi) is 3.07. The molecule has 0 fully saturated rings. The molecule has 0 aromatic carbocycles. The van der Waals surface area contributed by atoms with Gasteiger partial charge in [-0.15, -0.1) is 0 Å². The van der Waals surface area contributed by atoms with Crippen LogP contribution in [0.5, 0.6) is 0 Å². The molecule has 2 heterocycles. The van der Waals surface area contributed by atoms with Crippen LogP contribution in [0.25, 0.3) is 11.0 Å². The molecule has 0 saturated heterocycles. The maximum absolute atomic E-state index is 10.9. The highest BCUT2D eigenvalue weighted by Gasteiger charge is 2.16. The van der Waals surface area contributed by atoms with Crippen molar-refractivity contribution in [1.29, 1.82) is 0 Å². The highest BCUT2D eigenvalue weighted by molar-refractivity contribution is 5.82. The van der Waals surface area contributed by atoms with Crippen molar-refractivity contribution in [2.24, 2.45) is 0 Å². The summed E-state index contributed by atoms with van der Waals surface area (Å²) in [6.07, 6.45) is 1.77. The van der Waals surface area contributed by atoms with Gasteiger partial charge in [0, 0.05) is 17.1 Å². The van der Waals surface area contributed by atoms with E-state index in [4.69, 9.17) is 5.11 Å². The highest BCUT2D eigenvalue weighted by atomic mass is 16.4. The molecule has 0 aliphatic carbocycles. The Morgan fingerprint density at radius 3 is 2.67 bits per heavy atom. The van der Waals surface area contributed by atoms with Gasteiger partial charge in [-0.25, -0.2) is 9.67 Å². The first-order chi connectivity index (χ1) is 8.41. The zero-order valence-corrected chi connectivity index (χ0v) is 11.1. The van der Waals surface area contributed by atoms with Crippen molar-refractivity contribution in [2.45, 2.75) is 40.2 Å². The van der Waals surface area contributed by atoms with Crippen molar-refractivity contribution in [3.8, 4) is 0 Å². The predicted molar refractivity (Wildman–Crippen MR) is 68.7 cm³/mol. The van der Waals surface area contributed by atoms with E-state index in [9.17, 15) is 4.79 Å². The van der Waals surface area contributed by atoms with E-state index < -0.39 is 5.97 Å². The van der Waals surface area contributed by atoms with E-state index in [0.717, 1.165) is 27.9 Å². The SMILES string of the molecule is Cc1nc2c(cnn2C(C)C)c(C)c1CC(=O)O. The molecule has 5 nitrogen and oxygen atoms in total. The lowest BCUT2D eigenvalue weighted by atomic mass is 10.0. The smallest absolute Gasteiger partial charge is 0.307 e.